The minimum absolute atomic E-state index is 0.0519. The van der Waals surface area contributed by atoms with Gasteiger partial charge in [0.05, 0.1) is 92.1 Å². The molecule has 802 valence electrons. The van der Waals surface area contributed by atoms with Crippen LogP contribution in [0.3, 0.4) is 0 Å². The van der Waals surface area contributed by atoms with Crippen molar-refractivity contribution >= 4 is 75.9 Å². The largest absolute Gasteiger partial charge is 0.497 e. The second-order valence-electron chi connectivity index (χ2n) is 42.2. The molecular weight excluding hydrogens is 1790 g/mol. The van der Waals surface area contributed by atoms with E-state index < -0.39 is 16.2 Å². The number of carbonyl (C=O) groups is 8. The Bertz CT molecular complexity index is 4210. The van der Waals surface area contributed by atoms with E-state index in [4.69, 9.17) is 23.7 Å². The Morgan fingerprint density at radius 1 is 0.301 bits per heavy atom. The predicted molar refractivity (Wildman–Crippen MR) is 588 cm³/mol. The maximum atomic E-state index is 12.5. The monoisotopic (exact) mass is 1980 g/mol. The molecule has 0 saturated carbocycles. The molecule has 5 aliphatic heterocycles. The highest BCUT2D eigenvalue weighted by Crippen LogP contribution is 2.34. The number of unbranched alkanes of at least 4 members (excludes halogenated alkanes) is 49. The Hall–Kier alpha value is -9.38. The topological polar surface area (TPSA) is 259 Å². The zero-order valence-electron chi connectivity index (χ0n) is 91.1. The molecule has 0 radical (unpaired) electrons. The summed E-state index contributed by atoms with van der Waals surface area (Å²) in [5, 5.41) is 9.27. The molecule has 5 fully saturated rings. The van der Waals surface area contributed by atoms with Gasteiger partial charge in [-0.1, -0.05) is 421 Å². The Labute approximate surface area is 865 Å². The maximum absolute atomic E-state index is 12.5. The Balaban J connectivity index is 0.000000279. The molecule has 5 atom stereocenters. The number of carbonyl (C=O) groups excluding carboxylic acids is 8. The number of anilines is 5. The molecule has 0 spiro atoms. The van der Waals surface area contributed by atoms with E-state index in [0.29, 0.717) is 52.0 Å². The molecule has 0 aliphatic carbocycles. The molecule has 0 aromatic heterocycles. The third-order valence-electron chi connectivity index (χ3n) is 28.3. The van der Waals surface area contributed by atoms with E-state index >= 15 is 0 Å². The van der Waals surface area contributed by atoms with Gasteiger partial charge < -0.3 is 23.7 Å². The van der Waals surface area contributed by atoms with Crippen molar-refractivity contribution in [1.29, 1.82) is 0 Å². The summed E-state index contributed by atoms with van der Waals surface area (Å²) in [5.74, 6) is -0.243. The number of nitrogens with one attached hydrogen (secondary N) is 5. The van der Waals surface area contributed by atoms with Gasteiger partial charge in [0.2, 0.25) is 29.5 Å². The predicted octanol–water partition coefficient (Wildman–Crippen LogP) is 28.2. The zero-order chi connectivity index (χ0) is 103. The summed E-state index contributed by atoms with van der Waals surface area (Å²) in [7, 11) is 1.62. The summed E-state index contributed by atoms with van der Waals surface area (Å²) in [6.07, 6.45) is 70.5. The molecule has 5 aromatic rings. The number of hydrogen-bond acceptors (Lipinski definition) is 18. The van der Waals surface area contributed by atoms with Gasteiger partial charge in [-0.3, -0.25) is 90.5 Å². The van der Waals surface area contributed by atoms with Gasteiger partial charge in [0.25, 0.3) is 0 Å². The summed E-state index contributed by atoms with van der Waals surface area (Å²) >= 11 is 0. The lowest BCUT2D eigenvalue weighted by Gasteiger charge is -2.21. The van der Waals surface area contributed by atoms with Crippen molar-refractivity contribution in [2.45, 2.75) is 429 Å². The fourth-order valence-electron chi connectivity index (χ4n) is 18.5. The summed E-state index contributed by atoms with van der Waals surface area (Å²) in [5.41, 5.74) is 19.7. The van der Waals surface area contributed by atoms with Crippen LogP contribution in [-0.4, -0.2) is 120 Å². The molecule has 5 aliphatic rings. The van der Waals surface area contributed by atoms with E-state index in [2.05, 4.69) is 61.7 Å². The fraction of sp³-hybridized carbons (Fsp3) is 0.683. The Kier molecular flexibility index (Phi) is 63.7. The van der Waals surface area contributed by atoms with Gasteiger partial charge in [0, 0.05) is 25.9 Å². The number of para-hydroxylation sites is 2. The number of esters is 3. The van der Waals surface area contributed by atoms with Crippen LogP contribution >= 0.6 is 0 Å². The van der Waals surface area contributed by atoms with Crippen LogP contribution in [0.5, 0.6) is 5.75 Å². The first-order chi connectivity index (χ1) is 69.4. The van der Waals surface area contributed by atoms with E-state index in [0.717, 1.165) is 92.3 Å². The van der Waals surface area contributed by atoms with Crippen LogP contribution in [0.15, 0.2) is 133 Å². The van der Waals surface area contributed by atoms with E-state index in [9.17, 15) is 38.4 Å². The zero-order valence-corrected chi connectivity index (χ0v) is 91.1. The van der Waals surface area contributed by atoms with Gasteiger partial charge in [0.1, 0.15) is 36.4 Å². The number of methoxy groups -OCH3 is 1. The lowest BCUT2D eigenvalue weighted by atomic mass is 9.92. The van der Waals surface area contributed by atoms with Gasteiger partial charge in [0.15, 0.2) is 0 Å². The number of rotatable bonds is 71. The Morgan fingerprint density at radius 2 is 0.559 bits per heavy atom. The lowest BCUT2D eigenvalue weighted by Crippen LogP contribution is -2.35. The highest BCUT2D eigenvalue weighted by atomic mass is 16.5. The average Bonchev–Trinajstić information content (AvgIpc) is 1.66. The molecule has 23 heteroatoms. The molecule has 143 heavy (non-hydrogen) atoms. The number of nitrogens with zero attached hydrogens (tertiary/aromatic N) is 5. The molecule has 5 N–H and O–H groups in total. The summed E-state index contributed by atoms with van der Waals surface area (Å²) in [6, 6.07) is 43.4. The van der Waals surface area contributed by atoms with Crippen LogP contribution < -0.4 is 56.9 Å². The molecular formula is C120H194N10O13. The normalized spacial score (nSPS) is 17.8. The van der Waals surface area contributed by atoms with E-state index in [-0.39, 0.29) is 79.1 Å². The number of aryl methyl sites for hydroxylation is 2. The van der Waals surface area contributed by atoms with Crippen LogP contribution in [0.1, 0.15) is 426 Å². The minimum atomic E-state index is -0.726. The second-order valence-corrected chi connectivity index (χ2v) is 42.2. The molecule has 5 saturated heterocycles. The average molecular weight is 1980 g/mol. The van der Waals surface area contributed by atoms with Crippen LogP contribution in [0, 0.1) is 41.9 Å². The molecule has 5 amide bonds. The lowest BCUT2D eigenvalue weighted by molar-refractivity contribution is -0.150. The number of hydrazine groups is 5. The minimum Gasteiger partial charge on any atom is -0.497 e. The van der Waals surface area contributed by atoms with Gasteiger partial charge in [-0.25, -0.2) is 0 Å². The summed E-state index contributed by atoms with van der Waals surface area (Å²) in [6.45, 7) is 25.3. The second kappa shape index (κ2) is 74.5. The Morgan fingerprint density at radius 3 is 0.860 bits per heavy atom. The quantitative estimate of drug-likeness (QED) is 0.0138. The SMILES string of the molecule is CCCCCCCCCCCCCCCC(=O)OCC1(C)CN(c2ccc(C)cc2)NC1=O.CCCCCCCCCCCCCCCC(=O)OCC1CN(c2ccc(OC)cc2)NC1=O.CCCCCCCCCCCCCCCCCC(=O)OCC1(C)CN(c2ccccc2)NC1=O.CCCCCCCCCCCCCCOCC1(C)CN(c2ccccc2)NC1=O.Cc1ccc(N2CC(C)C(=O)N2)cc1. The first-order valence-corrected chi connectivity index (χ1v) is 56.8. The highest BCUT2D eigenvalue weighted by molar-refractivity contribution is 5.90. The van der Waals surface area contributed by atoms with Crippen LogP contribution in [0.25, 0.3) is 0 Å². The first kappa shape index (κ1) is 122. The van der Waals surface area contributed by atoms with Gasteiger partial charge >= 0.3 is 17.9 Å². The summed E-state index contributed by atoms with van der Waals surface area (Å²) < 4.78 is 27.4. The number of benzene rings is 5. The van der Waals surface area contributed by atoms with Crippen molar-refractivity contribution in [3.63, 3.8) is 0 Å². The van der Waals surface area contributed by atoms with Crippen molar-refractivity contribution in [3.8, 4) is 5.75 Å². The molecule has 5 aromatic carbocycles. The molecule has 0 bridgehead atoms. The van der Waals surface area contributed by atoms with Gasteiger partial charge in [-0.05, 0) is 133 Å². The summed E-state index contributed by atoms with van der Waals surface area (Å²) in [4.78, 5) is 97.2. The third-order valence-corrected chi connectivity index (χ3v) is 28.3. The van der Waals surface area contributed by atoms with E-state index in [1.54, 1.807) is 12.1 Å². The van der Waals surface area contributed by atoms with Crippen molar-refractivity contribution in [2.75, 3.05) is 97.9 Å². The van der Waals surface area contributed by atoms with Crippen LogP contribution in [-0.2, 0) is 57.3 Å². The van der Waals surface area contributed by atoms with E-state index in [1.165, 1.54) is 306 Å². The first-order valence-electron chi connectivity index (χ1n) is 56.8. The maximum Gasteiger partial charge on any atom is 0.305 e. The van der Waals surface area contributed by atoms with Crippen molar-refractivity contribution in [2.24, 2.45) is 28.1 Å². The molecule has 23 nitrogen and oxygen atoms in total. The number of hydrogen-bond donors (Lipinski definition) is 5. The van der Waals surface area contributed by atoms with Crippen molar-refractivity contribution in [1.82, 2.24) is 27.1 Å². The molecule has 5 heterocycles. The standard InChI is InChI=1S/C29H48N2O3.C28H46N2O3.C27H44N2O4.C25H42N2O2.C11H14N2O/c1-3-4-5-6-7-8-9-10-11-12-13-14-15-16-20-23-27(32)34-25-29(2)24-31(30-28(29)33)26-21-18-17-19-22-26;1-4-5-6-7-8-9-10-11-12-13-14-15-16-17-26(31)33-23-28(3)22-30(29-27(28)32)25-20-18-24(2)19-21-25;1-3-4-5-6-7-8-9-10-11-12-13-14-15-16-26(30)33-22-23-21-29(28-27(23)31)24-17-19-25(32-2)20-18-24;1-3-4-5-6-7-8-9-10-11-12-13-17-20-29-22-25(2)21-27(26-24(25)28)23-18-15-14-16-19-23;1-8-3-5-10(6-4-8)13-7-9(2)11(14)12-13/h17-19,21-22H,3-16,20,23-25H2,1-2H3,(H,30,33);18-21H,4-17,22-23H2,1-3H3,(H,29,32);17-20,23H,3-16,21-22H2,1-2H3,(H,28,31);14-16,18-19H,3-13,17,20-22H2,1-2H3,(H,26,28);3-6,9H,7H2,1-2H3,(H,12,14). The van der Waals surface area contributed by atoms with Crippen LogP contribution in [0.4, 0.5) is 28.4 Å². The number of amides is 5. The van der Waals surface area contributed by atoms with Crippen molar-refractivity contribution < 1.29 is 62.0 Å². The molecule has 10 rings (SSSR count). The highest BCUT2D eigenvalue weighted by Gasteiger charge is 2.46. The smallest absolute Gasteiger partial charge is 0.305 e. The fourth-order valence-corrected chi connectivity index (χ4v) is 18.5. The third kappa shape index (κ3) is 52.0. The van der Waals surface area contributed by atoms with Crippen LogP contribution in [0.2, 0.25) is 0 Å². The van der Waals surface area contributed by atoms with E-state index in [1.807, 2.05) is 188 Å². The van der Waals surface area contributed by atoms with Gasteiger partial charge in [-0.15, -0.1) is 0 Å². The molecule has 5 unspecified atom stereocenters. The van der Waals surface area contributed by atoms with Crippen molar-refractivity contribution in [3.05, 3.63) is 145 Å². The number of ether oxygens (including phenoxy) is 5. The van der Waals surface area contributed by atoms with Gasteiger partial charge in [-0.2, -0.15) is 0 Å².